The smallest absolute Gasteiger partial charge is 0.129 e. The first kappa shape index (κ1) is 11.4. The van der Waals surface area contributed by atoms with Crippen molar-refractivity contribution in [1.82, 2.24) is 15.4 Å². The highest BCUT2D eigenvalue weighted by atomic mass is 35.5. The minimum absolute atomic E-state index is 0.304. The SMILES string of the molecule is NNC(c1ncc[nH]1)c1cccc(Cl)c1Cl. The Bertz CT molecular complexity index is 470. The summed E-state index contributed by atoms with van der Waals surface area (Å²) in [4.78, 5) is 7.11. The molecule has 0 spiro atoms. The molecule has 84 valence electrons. The predicted octanol–water partition coefficient (Wildman–Crippen LogP) is 2.27. The second-order valence-corrected chi connectivity index (χ2v) is 4.00. The molecule has 0 aliphatic rings. The van der Waals surface area contributed by atoms with Crippen LogP contribution in [0.2, 0.25) is 10.0 Å². The van der Waals surface area contributed by atoms with E-state index < -0.39 is 0 Å². The molecule has 0 saturated carbocycles. The van der Waals surface area contributed by atoms with Crippen LogP contribution in [0.5, 0.6) is 0 Å². The van der Waals surface area contributed by atoms with E-state index in [1.165, 1.54) is 0 Å². The molecule has 2 aromatic rings. The average molecular weight is 257 g/mol. The van der Waals surface area contributed by atoms with Gasteiger partial charge in [-0.05, 0) is 11.6 Å². The molecule has 0 aliphatic carbocycles. The van der Waals surface area contributed by atoms with Crippen molar-refractivity contribution in [2.24, 2.45) is 5.84 Å². The number of nitrogens with zero attached hydrogens (tertiary/aromatic N) is 1. The Hall–Kier alpha value is -1.07. The van der Waals surface area contributed by atoms with Gasteiger partial charge in [0, 0.05) is 12.4 Å². The fraction of sp³-hybridized carbons (Fsp3) is 0.100. The lowest BCUT2D eigenvalue weighted by atomic mass is 10.1. The highest BCUT2D eigenvalue weighted by Crippen LogP contribution is 2.31. The van der Waals surface area contributed by atoms with Crippen molar-refractivity contribution in [3.8, 4) is 0 Å². The number of H-pyrrole nitrogens is 1. The number of halogens is 2. The second kappa shape index (κ2) is 4.84. The van der Waals surface area contributed by atoms with E-state index in [1.54, 1.807) is 18.5 Å². The molecule has 4 N–H and O–H groups in total. The van der Waals surface area contributed by atoms with Crippen LogP contribution >= 0.6 is 23.2 Å². The molecule has 1 atom stereocenters. The summed E-state index contributed by atoms with van der Waals surface area (Å²) in [5, 5.41) is 0.967. The number of hydrogen-bond acceptors (Lipinski definition) is 3. The summed E-state index contributed by atoms with van der Waals surface area (Å²) in [5.41, 5.74) is 3.44. The summed E-state index contributed by atoms with van der Waals surface area (Å²) in [6, 6.07) is 5.09. The fourth-order valence-corrected chi connectivity index (χ4v) is 1.91. The molecule has 0 radical (unpaired) electrons. The van der Waals surface area contributed by atoms with Crippen molar-refractivity contribution in [1.29, 1.82) is 0 Å². The predicted molar refractivity (Wildman–Crippen MR) is 64.2 cm³/mol. The Morgan fingerprint density at radius 2 is 2.19 bits per heavy atom. The van der Waals surface area contributed by atoms with E-state index in [1.807, 2.05) is 12.1 Å². The third-order valence-electron chi connectivity index (χ3n) is 2.25. The van der Waals surface area contributed by atoms with E-state index >= 15 is 0 Å². The van der Waals surface area contributed by atoms with Gasteiger partial charge in [0.25, 0.3) is 0 Å². The number of aromatic amines is 1. The minimum Gasteiger partial charge on any atom is -0.347 e. The van der Waals surface area contributed by atoms with Crippen molar-refractivity contribution in [3.63, 3.8) is 0 Å². The van der Waals surface area contributed by atoms with Gasteiger partial charge in [0.15, 0.2) is 0 Å². The molecule has 4 nitrogen and oxygen atoms in total. The summed E-state index contributed by atoms with van der Waals surface area (Å²) in [6.45, 7) is 0. The van der Waals surface area contributed by atoms with E-state index in [0.29, 0.717) is 15.9 Å². The Morgan fingerprint density at radius 1 is 1.38 bits per heavy atom. The molecule has 16 heavy (non-hydrogen) atoms. The molecule has 1 aromatic heterocycles. The van der Waals surface area contributed by atoms with Crippen LogP contribution in [0.4, 0.5) is 0 Å². The maximum absolute atomic E-state index is 6.11. The van der Waals surface area contributed by atoms with Crippen molar-refractivity contribution in [2.45, 2.75) is 6.04 Å². The lowest BCUT2D eigenvalue weighted by molar-refractivity contribution is 0.608. The zero-order chi connectivity index (χ0) is 11.5. The normalized spacial score (nSPS) is 12.7. The lowest BCUT2D eigenvalue weighted by Crippen LogP contribution is -2.29. The first-order chi connectivity index (χ1) is 7.74. The largest absolute Gasteiger partial charge is 0.347 e. The highest BCUT2D eigenvalue weighted by Gasteiger charge is 2.18. The number of imidazole rings is 1. The number of rotatable bonds is 3. The molecule has 6 heteroatoms. The topological polar surface area (TPSA) is 66.7 Å². The Kier molecular flexibility index (Phi) is 3.46. The number of aromatic nitrogens is 2. The third-order valence-corrected chi connectivity index (χ3v) is 3.09. The first-order valence-electron chi connectivity index (χ1n) is 4.63. The second-order valence-electron chi connectivity index (χ2n) is 3.22. The van der Waals surface area contributed by atoms with Gasteiger partial charge in [-0.2, -0.15) is 0 Å². The number of hydrogen-bond donors (Lipinski definition) is 3. The van der Waals surface area contributed by atoms with E-state index in [-0.39, 0.29) is 6.04 Å². The van der Waals surface area contributed by atoms with Gasteiger partial charge in [0.2, 0.25) is 0 Å². The van der Waals surface area contributed by atoms with Gasteiger partial charge in [-0.1, -0.05) is 35.3 Å². The number of hydrazine groups is 1. The minimum atomic E-state index is -0.304. The van der Waals surface area contributed by atoms with Crippen LogP contribution in [0, 0.1) is 0 Å². The zero-order valence-electron chi connectivity index (χ0n) is 8.24. The van der Waals surface area contributed by atoms with Gasteiger partial charge in [-0.15, -0.1) is 0 Å². The summed E-state index contributed by atoms with van der Waals surface area (Å²) < 4.78 is 0. The van der Waals surface area contributed by atoms with Crippen LogP contribution < -0.4 is 11.3 Å². The first-order valence-corrected chi connectivity index (χ1v) is 5.39. The van der Waals surface area contributed by atoms with E-state index in [0.717, 1.165) is 5.56 Å². The lowest BCUT2D eigenvalue weighted by Gasteiger charge is -2.15. The molecule has 1 heterocycles. The molecule has 0 fully saturated rings. The maximum Gasteiger partial charge on any atom is 0.129 e. The molecular formula is C10H10Cl2N4. The third kappa shape index (κ3) is 2.05. The summed E-state index contributed by atoms with van der Waals surface area (Å²) in [6.07, 6.45) is 3.37. The van der Waals surface area contributed by atoms with Crippen LogP contribution in [0.1, 0.15) is 17.4 Å². The van der Waals surface area contributed by atoms with Gasteiger partial charge in [-0.25, -0.2) is 10.4 Å². The quantitative estimate of drug-likeness (QED) is 0.583. The molecule has 0 aliphatic heterocycles. The van der Waals surface area contributed by atoms with Crippen LogP contribution in [0.15, 0.2) is 30.6 Å². The van der Waals surface area contributed by atoms with Crippen LogP contribution in [-0.4, -0.2) is 9.97 Å². The van der Waals surface area contributed by atoms with Crippen molar-refractivity contribution >= 4 is 23.2 Å². The molecule has 0 bridgehead atoms. The monoisotopic (exact) mass is 256 g/mol. The number of nitrogens with two attached hydrogens (primary N) is 1. The Balaban J connectivity index is 2.45. The molecule has 0 saturated heterocycles. The molecular weight excluding hydrogens is 247 g/mol. The zero-order valence-corrected chi connectivity index (χ0v) is 9.76. The van der Waals surface area contributed by atoms with E-state index in [4.69, 9.17) is 29.0 Å². The number of nitrogens with one attached hydrogen (secondary N) is 2. The van der Waals surface area contributed by atoms with Crippen LogP contribution in [-0.2, 0) is 0 Å². The highest BCUT2D eigenvalue weighted by molar-refractivity contribution is 6.42. The van der Waals surface area contributed by atoms with Gasteiger partial charge in [0.1, 0.15) is 11.9 Å². The standard InChI is InChI=1S/C10H10Cl2N4/c11-7-3-1-2-6(8(7)12)9(16-13)10-14-4-5-15-10/h1-5,9,16H,13H2,(H,14,15). The summed E-state index contributed by atoms with van der Waals surface area (Å²) >= 11 is 12.1. The van der Waals surface area contributed by atoms with Gasteiger partial charge >= 0.3 is 0 Å². The van der Waals surface area contributed by atoms with Gasteiger partial charge in [0.05, 0.1) is 10.0 Å². The molecule has 1 unspecified atom stereocenters. The van der Waals surface area contributed by atoms with Crippen molar-refractivity contribution in [2.75, 3.05) is 0 Å². The van der Waals surface area contributed by atoms with Crippen molar-refractivity contribution in [3.05, 3.63) is 52.0 Å². The van der Waals surface area contributed by atoms with Crippen LogP contribution in [0.25, 0.3) is 0 Å². The number of benzene rings is 1. The van der Waals surface area contributed by atoms with Gasteiger partial charge < -0.3 is 4.98 Å². The average Bonchev–Trinajstić information content (AvgIpc) is 2.79. The summed E-state index contributed by atoms with van der Waals surface area (Å²) in [7, 11) is 0. The molecule has 2 rings (SSSR count). The van der Waals surface area contributed by atoms with E-state index in [9.17, 15) is 0 Å². The Morgan fingerprint density at radius 3 is 2.81 bits per heavy atom. The van der Waals surface area contributed by atoms with Crippen molar-refractivity contribution < 1.29 is 0 Å². The Labute approximate surface area is 103 Å². The fourth-order valence-electron chi connectivity index (χ4n) is 1.49. The summed E-state index contributed by atoms with van der Waals surface area (Å²) in [5.74, 6) is 6.19. The molecule has 0 amide bonds. The van der Waals surface area contributed by atoms with E-state index in [2.05, 4.69) is 15.4 Å². The van der Waals surface area contributed by atoms with Crippen LogP contribution in [0.3, 0.4) is 0 Å². The maximum atomic E-state index is 6.11. The molecule has 1 aromatic carbocycles. The van der Waals surface area contributed by atoms with Gasteiger partial charge in [-0.3, -0.25) is 5.84 Å².